The van der Waals surface area contributed by atoms with E-state index < -0.39 is 23.0 Å². The molecule has 6 aromatic carbocycles. The van der Waals surface area contributed by atoms with Crippen molar-refractivity contribution in [1.82, 2.24) is 0 Å². The van der Waals surface area contributed by atoms with Crippen molar-refractivity contribution >= 4 is 0 Å². The van der Waals surface area contributed by atoms with Gasteiger partial charge >= 0.3 is 11.8 Å². The summed E-state index contributed by atoms with van der Waals surface area (Å²) in [7, 11) is 0. The number of benzene rings is 6. The van der Waals surface area contributed by atoms with Gasteiger partial charge in [-0.3, -0.25) is 0 Å². The molecule has 238 valence electrons. The number of hydrogen-bond donors (Lipinski definition) is 0. The second kappa shape index (κ2) is 15.0. The summed E-state index contributed by atoms with van der Waals surface area (Å²) in [5, 5.41) is 0. The third-order valence-corrected chi connectivity index (χ3v) is 7.62. The lowest BCUT2D eigenvalue weighted by Crippen LogP contribution is -2.35. The van der Waals surface area contributed by atoms with Crippen LogP contribution in [0.25, 0.3) is 0 Å². The maximum Gasteiger partial charge on any atom is 0.339 e. The van der Waals surface area contributed by atoms with Gasteiger partial charge in [0.15, 0.2) is 0 Å². The Labute approximate surface area is 289 Å². The average molecular weight is 655 g/mol. The minimum Gasteiger partial charge on any atom is -0.194 e. The number of hydrogen-bond acceptors (Lipinski definition) is 0. The van der Waals surface area contributed by atoms with E-state index in [-0.39, 0.29) is 11.1 Å². The molecule has 0 N–H and O–H groups in total. The predicted octanol–water partition coefficient (Wildman–Crippen LogP) is 10.2. The molecule has 0 aliphatic heterocycles. The Hall–Kier alpha value is -6.72. The number of halogens is 4. The Morgan fingerprint density at radius 2 is 0.540 bits per heavy atom. The van der Waals surface area contributed by atoms with Crippen LogP contribution >= 0.6 is 0 Å². The maximum absolute atomic E-state index is 16.1. The van der Waals surface area contributed by atoms with Crippen molar-refractivity contribution in [1.29, 1.82) is 0 Å². The van der Waals surface area contributed by atoms with Crippen molar-refractivity contribution in [3.8, 4) is 47.4 Å². The van der Waals surface area contributed by atoms with E-state index >= 15 is 17.6 Å². The fourth-order valence-corrected chi connectivity index (χ4v) is 4.91. The van der Waals surface area contributed by atoms with Gasteiger partial charge in [0.2, 0.25) is 0 Å². The highest BCUT2D eigenvalue weighted by atomic mass is 19.3. The lowest BCUT2D eigenvalue weighted by Gasteiger charge is -2.28. The van der Waals surface area contributed by atoms with E-state index in [0.29, 0.717) is 33.4 Å². The van der Waals surface area contributed by atoms with Crippen LogP contribution in [0.3, 0.4) is 0 Å². The first-order valence-electron chi connectivity index (χ1n) is 15.6. The summed E-state index contributed by atoms with van der Waals surface area (Å²) in [5.74, 6) is 14.3. The van der Waals surface area contributed by atoms with Crippen LogP contribution in [0.5, 0.6) is 0 Å². The zero-order valence-electron chi connectivity index (χ0n) is 26.5. The molecule has 0 saturated carbocycles. The van der Waals surface area contributed by atoms with E-state index in [2.05, 4.69) is 47.4 Å². The fourth-order valence-electron chi connectivity index (χ4n) is 4.91. The largest absolute Gasteiger partial charge is 0.339 e. The van der Waals surface area contributed by atoms with Crippen molar-refractivity contribution in [3.63, 3.8) is 0 Å². The Kier molecular flexibility index (Phi) is 9.96. The molecule has 50 heavy (non-hydrogen) atoms. The molecule has 0 spiro atoms. The molecule has 6 rings (SSSR count). The fraction of sp³-hybridized carbons (Fsp3) is 0.0435. The standard InChI is InChI=1S/C46H26F4/c47-45(48,43-31-29-39(25-21-35-13-5-1-6-14-35)41(33-43)27-23-37-17-9-3-10-18-37)46(49,50)44-32-30-40(26-22-36-15-7-2-8-16-36)42(34-44)28-24-38-19-11-4-12-20-38/h1-20,29-34H. The third kappa shape index (κ3) is 7.87. The van der Waals surface area contributed by atoms with Crippen molar-refractivity contribution in [3.05, 3.63) is 213 Å². The van der Waals surface area contributed by atoms with Crippen LogP contribution in [0.1, 0.15) is 55.6 Å². The molecular weight excluding hydrogens is 628 g/mol. The van der Waals surface area contributed by atoms with Gasteiger partial charge in [0.25, 0.3) is 0 Å². The molecule has 4 heteroatoms. The Bertz CT molecular complexity index is 2200. The minimum absolute atomic E-state index is 0.103. The quantitative estimate of drug-likeness (QED) is 0.132. The van der Waals surface area contributed by atoms with E-state index in [4.69, 9.17) is 0 Å². The van der Waals surface area contributed by atoms with Crippen LogP contribution in [-0.2, 0) is 11.8 Å². The normalized spacial score (nSPS) is 10.6. The molecule has 0 heterocycles. The van der Waals surface area contributed by atoms with Gasteiger partial charge < -0.3 is 0 Å². The van der Waals surface area contributed by atoms with Crippen LogP contribution in [0.4, 0.5) is 17.6 Å². The first-order chi connectivity index (χ1) is 24.3. The first kappa shape index (κ1) is 33.2. The molecule has 0 saturated heterocycles. The molecule has 0 aromatic heterocycles. The predicted molar refractivity (Wildman–Crippen MR) is 190 cm³/mol. The SMILES string of the molecule is FC(F)(c1ccc(C#Cc2ccccc2)c(C#Cc2ccccc2)c1)C(F)(F)c1ccc(C#Cc2ccccc2)c(C#Cc2ccccc2)c1. The summed E-state index contributed by atoms with van der Waals surface area (Å²) < 4.78 is 64.4. The first-order valence-corrected chi connectivity index (χ1v) is 15.6. The highest BCUT2D eigenvalue weighted by Gasteiger charge is 2.58. The average Bonchev–Trinajstić information content (AvgIpc) is 3.16. The summed E-state index contributed by atoms with van der Waals surface area (Å²) in [6.07, 6.45) is 0. The zero-order valence-corrected chi connectivity index (χ0v) is 26.5. The highest BCUT2D eigenvalue weighted by Crippen LogP contribution is 2.50. The monoisotopic (exact) mass is 654 g/mol. The lowest BCUT2D eigenvalue weighted by atomic mass is 9.91. The molecular formula is C46H26F4. The van der Waals surface area contributed by atoms with Gasteiger partial charge in [-0.1, -0.05) is 132 Å². The van der Waals surface area contributed by atoms with Crippen molar-refractivity contribution in [2.24, 2.45) is 0 Å². The highest BCUT2D eigenvalue weighted by molar-refractivity contribution is 5.58. The van der Waals surface area contributed by atoms with Gasteiger partial charge in [-0.05, 0) is 72.8 Å². The van der Waals surface area contributed by atoms with Crippen LogP contribution in [0, 0.1) is 47.4 Å². The molecule has 6 aromatic rings. The van der Waals surface area contributed by atoms with Gasteiger partial charge in [-0.2, -0.15) is 17.6 Å². The van der Waals surface area contributed by atoms with E-state index in [1.54, 1.807) is 48.5 Å². The third-order valence-electron chi connectivity index (χ3n) is 7.62. The minimum atomic E-state index is -4.62. The smallest absolute Gasteiger partial charge is 0.194 e. The summed E-state index contributed by atoms with van der Waals surface area (Å²) in [5.41, 5.74) is 1.77. The molecule has 0 fully saturated rings. The molecule has 0 atom stereocenters. The van der Waals surface area contributed by atoms with Gasteiger partial charge in [-0.15, -0.1) is 0 Å². The van der Waals surface area contributed by atoms with Gasteiger partial charge in [0.05, 0.1) is 0 Å². The molecule has 0 radical (unpaired) electrons. The van der Waals surface area contributed by atoms with Crippen LogP contribution in [0.2, 0.25) is 0 Å². The molecule has 0 unspecified atom stereocenters. The van der Waals surface area contributed by atoms with Crippen molar-refractivity contribution < 1.29 is 17.6 Å². The maximum atomic E-state index is 16.1. The number of rotatable bonds is 3. The Morgan fingerprint density at radius 3 is 0.820 bits per heavy atom. The molecule has 0 amide bonds. The molecule has 0 aliphatic rings. The molecule has 0 aliphatic carbocycles. The summed E-state index contributed by atoms with van der Waals surface area (Å²) in [6, 6.07) is 42.7. The topological polar surface area (TPSA) is 0 Å². The summed E-state index contributed by atoms with van der Waals surface area (Å²) >= 11 is 0. The second-order valence-corrected chi connectivity index (χ2v) is 11.1. The van der Waals surface area contributed by atoms with E-state index in [9.17, 15) is 0 Å². The lowest BCUT2D eigenvalue weighted by molar-refractivity contribution is -0.223. The number of alkyl halides is 4. The molecule has 0 bridgehead atoms. The van der Waals surface area contributed by atoms with E-state index in [1.165, 1.54) is 12.1 Å². The van der Waals surface area contributed by atoms with E-state index in [0.717, 1.165) is 24.3 Å². The summed E-state index contributed by atoms with van der Waals surface area (Å²) in [6.45, 7) is 0. The Morgan fingerprint density at radius 1 is 0.280 bits per heavy atom. The zero-order chi connectivity index (χ0) is 34.8. The van der Waals surface area contributed by atoms with Gasteiger partial charge in [0, 0.05) is 55.6 Å². The van der Waals surface area contributed by atoms with Crippen LogP contribution < -0.4 is 0 Å². The second-order valence-electron chi connectivity index (χ2n) is 11.1. The van der Waals surface area contributed by atoms with Crippen molar-refractivity contribution in [2.45, 2.75) is 11.8 Å². The summed E-state index contributed by atoms with van der Waals surface area (Å²) in [4.78, 5) is 0. The van der Waals surface area contributed by atoms with Gasteiger partial charge in [-0.25, -0.2) is 0 Å². The van der Waals surface area contributed by atoms with Crippen LogP contribution in [-0.4, -0.2) is 0 Å². The van der Waals surface area contributed by atoms with Crippen LogP contribution in [0.15, 0.2) is 158 Å². The Balaban J connectivity index is 1.41. The van der Waals surface area contributed by atoms with Crippen molar-refractivity contribution in [2.75, 3.05) is 0 Å². The van der Waals surface area contributed by atoms with Gasteiger partial charge in [0.1, 0.15) is 0 Å². The van der Waals surface area contributed by atoms with E-state index in [1.807, 2.05) is 72.8 Å². The molecule has 0 nitrogen and oxygen atoms in total.